The van der Waals surface area contributed by atoms with Crippen LogP contribution in [0.3, 0.4) is 0 Å². The Morgan fingerprint density at radius 1 is 1.00 bits per heavy atom. The van der Waals surface area contributed by atoms with Crippen LogP contribution in [0.4, 0.5) is 4.79 Å². The van der Waals surface area contributed by atoms with Crippen LogP contribution in [0.25, 0.3) is 0 Å². The number of hydrogen-bond acceptors (Lipinski definition) is 2. The topological polar surface area (TPSA) is 75.4 Å². The molecular weight excluding hydrogens is 290 g/mol. The van der Waals surface area contributed by atoms with Crippen LogP contribution >= 0.6 is 0 Å². The average molecular weight is 319 g/mol. The normalized spacial score (nSPS) is 39.5. The third-order valence-electron chi connectivity index (χ3n) is 6.96. The van der Waals surface area contributed by atoms with Gasteiger partial charge in [0.25, 0.3) is 0 Å². The summed E-state index contributed by atoms with van der Waals surface area (Å²) in [6.45, 7) is 2.16. The minimum absolute atomic E-state index is 0.0535. The zero-order valence-electron chi connectivity index (χ0n) is 13.9. The highest BCUT2D eigenvalue weighted by atomic mass is 16.2. The molecular formula is C18H29N3O2. The van der Waals surface area contributed by atoms with Crippen molar-refractivity contribution in [3.63, 3.8) is 0 Å². The molecule has 4 aliphatic carbocycles. The van der Waals surface area contributed by atoms with E-state index in [2.05, 4.69) is 5.32 Å². The van der Waals surface area contributed by atoms with Gasteiger partial charge in [0, 0.05) is 25.6 Å². The first-order chi connectivity index (χ1) is 11.0. The molecule has 0 radical (unpaired) electrons. The van der Waals surface area contributed by atoms with E-state index < -0.39 is 0 Å². The maximum absolute atomic E-state index is 12.5. The summed E-state index contributed by atoms with van der Waals surface area (Å²) in [4.78, 5) is 25.5. The van der Waals surface area contributed by atoms with E-state index >= 15 is 0 Å². The van der Waals surface area contributed by atoms with Gasteiger partial charge in [0.2, 0.25) is 5.91 Å². The molecule has 4 saturated carbocycles. The lowest BCUT2D eigenvalue weighted by molar-refractivity contribution is -0.123. The number of piperidine rings is 1. The second-order valence-corrected chi connectivity index (χ2v) is 8.74. The summed E-state index contributed by atoms with van der Waals surface area (Å²) < 4.78 is 0. The molecule has 128 valence electrons. The highest BCUT2D eigenvalue weighted by Gasteiger charge is 2.50. The Hall–Kier alpha value is -1.26. The number of urea groups is 1. The molecule has 0 spiro atoms. The fourth-order valence-corrected chi connectivity index (χ4v) is 6.25. The zero-order valence-corrected chi connectivity index (χ0v) is 13.9. The number of hydrogen-bond donors (Lipinski definition) is 2. The van der Waals surface area contributed by atoms with Crippen LogP contribution in [0.2, 0.25) is 0 Å². The highest BCUT2D eigenvalue weighted by molar-refractivity contribution is 5.78. The standard InChI is InChI=1S/C18H29N3O2/c19-16(22)15-1-3-21(4-2-15)17(23)20-11-18-8-12-5-13(9-18)7-14(6-12)10-18/h12-15H,1-11H2,(H2,19,22)(H,20,23). The van der Waals surface area contributed by atoms with Crippen molar-refractivity contribution in [1.29, 1.82) is 0 Å². The third kappa shape index (κ3) is 2.94. The molecule has 23 heavy (non-hydrogen) atoms. The Labute approximate surface area is 138 Å². The summed E-state index contributed by atoms with van der Waals surface area (Å²) >= 11 is 0. The van der Waals surface area contributed by atoms with Crippen molar-refractivity contribution in [1.82, 2.24) is 10.2 Å². The van der Waals surface area contributed by atoms with Crippen molar-refractivity contribution in [2.24, 2.45) is 34.8 Å². The largest absolute Gasteiger partial charge is 0.369 e. The first-order valence-corrected chi connectivity index (χ1v) is 9.35. The molecule has 0 aromatic heterocycles. The number of carbonyl (C=O) groups is 2. The first-order valence-electron chi connectivity index (χ1n) is 9.35. The van der Waals surface area contributed by atoms with Crippen molar-refractivity contribution in [3.8, 4) is 0 Å². The van der Waals surface area contributed by atoms with E-state index in [9.17, 15) is 9.59 Å². The van der Waals surface area contributed by atoms with Gasteiger partial charge in [0.1, 0.15) is 0 Å². The molecule has 4 bridgehead atoms. The van der Waals surface area contributed by atoms with Crippen molar-refractivity contribution in [2.75, 3.05) is 19.6 Å². The second kappa shape index (κ2) is 5.67. The quantitative estimate of drug-likeness (QED) is 0.836. The fraction of sp³-hybridized carbons (Fsp3) is 0.889. The summed E-state index contributed by atoms with van der Waals surface area (Å²) in [6.07, 6.45) is 9.70. The minimum Gasteiger partial charge on any atom is -0.369 e. The summed E-state index contributed by atoms with van der Waals surface area (Å²) in [6, 6.07) is 0.0589. The number of primary amides is 1. The lowest BCUT2D eigenvalue weighted by atomic mass is 9.49. The smallest absolute Gasteiger partial charge is 0.317 e. The van der Waals surface area contributed by atoms with Gasteiger partial charge in [0.15, 0.2) is 0 Å². The van der Waals surface area contributed by atoms with Crippen LogP contribution in [0, 0.1) is 29.1 Å². The van der Waals surface area contributed by atoms with E-state index in [1.807, 2.05) is 4.90 Å². The Bertz CT molecular complexity index is 461. The van der Waals surface area contributed by atoms with E-state index in [0.29, 0.717) is 31.3 Å². The van der Waals surface area contributed by atoms with Gasteiger partial charge >= 0.3 is 6.03 Å². The molecule has 0 aromatic carbocycles. The van der Waals surface area contributed by atoms with Gasteiger partial charge in [0.05, 0.1) is 0 Å². The van der Waals surface area contributed by atoms with Gasteiger partial charge in [-0.15, -0.1) is 0 Å². The lowest BCUT2D eigenvalue weighted by Gasteiger charge is -2.57. The molecule has 5 fully saturated rings. The summed E-state index contributed by atoms with van der Waals surface area (Å²) in [7, 11) is 0. The molecule has 0 unspecified atom stereocenters. The maximum atomic E-state index is 12.5. The third-order valence-corrected chi connectivity index (χ3v) is 6.96. The number of rotatable bonds is 3. The van der Waals surface area contributed by atoms with Crippen LogP contribution in [-0.2, 0) is 4.79 Å². The van der Waals surface area contributed by atoms with Gasteiger partial charge in [-0.25, -0.2) is 4.79 Å². The molecule has 1 aliphatic heterocycles. The van der Waals surface area contributed by atoms with Crippen molar-refractivity contribution >= 4 is 11.9 Å². The van der Waals surface area contributed by atoms with Gasteiger partial charge in [-0.3, -0.25) is 4.79 Å². The summed E-state index contributed by atoms with van der Waals surface area (Å²) in [5.41, 5.74) is 5.74. The predicted octanol–water partition coefficient (Wildman–Crippen LogP) is 2.11. The van der Waals surface area contributed by atoms with Gasteiger partial charge in [-0.05, 0) is 74.5 Å². The van der Waals surface area contributed by atoms with Gasteiger partial charge in [-0.2, -0.15) is 0 Å². The number of carbonyl (C=O) groups excluding carboxylic acids is 2. The van der Waals surface area contributed by atoms with Crippen molar-refractivity contribution in [2.45, 2.75) is 51.4 Å². The average Bonchev–Trinajstić information content (AvgIpc) is 2.51. The predicted molar refractivity (Wildman–Crippen MR) is 87.5 cm³/mol. The lowest BCUT2D eigenvalue weighted by Crippen LogP contribution is -2.53. The molecule has 5 rings (SSSR count). The summed E-state index contributed by atoms with van der Waals surface area (Å²) in [5.74, 6) is 2.49. The SMILES string of the molecule is NC(=O)C1CCN(C(=O)NCC23CC4CC(CC(C4)C2)C3)CC1. The maximum Gasteiger partial charge on any atom is 0.317 e. The monoisotopic (exact) mass is 319 g/mol. The molecule has 0 atom stereocenters. The van der Waals surface area contributed by atoms with Crippen molar-refractivity contribution in [3.05, 3.63) is 0 Å². The number of likely N-dealkylation sites (tertiary alicyclic amines) is 1. The fourth-order valence-electron chi connectivity index (χ4n) is 6.25. The van der Waals surface area contributed by atoms with Gasteiger partial charge in [-0.1, -0.05) is 0 Å². The Morgan fingerprint density at radius 3 is 2.00 bits per heavy atom. The molecule has 1 saturated heterocycles. The van der Waals surface area contributed by atoms with Crippen LogP contribution < -0.4 is 11.1 Å². The van der Waals surface area contributed by atoms with Crippen LogP contribution in [0.1, 0.15) is 51.4 Å². The van der Waals surface area contributed by atoms with Crippen molar-refractivity contribution < 1.29 is 9.59 Å². The Morgan fingerprint density at radius 2 is 1.52 bits per heavy atom. The molecule has 5 aliphatic rings. The van der Waals surface area contributed by atoms with E-state index in [1.165, 1.54) is 38.5 Å². The van der Waals surface area contributed by atoms with Gasteiger partial charge < -0.3 is 16.0 Å². The minimum atomic E-state index is -0.223. The second-order valence-electron chi connectivity index (χ2n) is 8.74. The molecule has 5 nitrogen and oxygen atoms in total. The van der Waals surface area contributed by atoms with E-state index in [0.717, 1.165) is 24.3 Å². The Balaban J connectivity index is 1.30. The van der Waals surface area contributed by atoms with Crippen LogP contribution in [0.5, 0.6) is 0 Å². The number of nitrogens with two attached hydrogens (primary N) is 1. The van der Waals surface area contributed by atoms with Crippen LogP contribution in [0.15, 0.2) is 0 Å². The molecule has 1 heterocycles. The van der Waals surface area contributed by atoms with E-state index in [1.54, 1.807) is 0 Å². The number of nitrogens with one attached hydrogen (secondary N) is 1. The van der Waals surface area contributed by atoms with E-state index in [-0.39, 0.29) is 17.9 Å². The highest BCUT2D eigenvalue weighted by Crippen LogP contribution is 2.59. The number of amides is 3. The van der Waals surface area contributed by atoms with E-state index in [4.69, 9.17) is 5.73 Å². The molecule has 3 N–H and O–H groups in total. The first kappa shape index (κ1) is 15.3. The molecule has 0 aromatic rings. The van der Waals surface area contributed by atoms with Crippen LogP contribution in [-0.4, -0.2) is 36.5 Å². The Kier molecular flexibility index (Phi) is 3.77. The zero-order chi connectivity index (χ0) is 16.0. The summed E-state index contributed by atoms with van der Waals surface area (Å²) in [5, 5.41) is 3.22. The molecule has 3 amide bonds. The number of nitrogens with zero attached hydrogens (tertiary/aromatic N) is 1. The molecule has 5 heteroatoms.